The van der Waals surface area contributed by atoms with Crippen LogP contribution in [0, 0.1) is 11.8 Å². The number of ether oxygens (including phenoxy) is 1. The van der Waals surface area contributed by atoms with Crippen molar-refractivity contribution >= 4 is 17.6 Å². The minimum atomic E-state index is -0.0767. The molecule has 4 nitrogen and oxygen atoms in total. The number of hydrogen-bond acceptors (Lipinski definition) is 4. The van der Waals surface area contributed by atoms with Gasteiger partial charge >= 0.3 is 5.97 Å². The summed E-state index contributed by atoms with van der Waals surface area (Å²) in [6.07, 6.45) is 3.36. The van der Waals surface area contributed by atoms with Crippen LogP contribution in [0.3, 0.4) is 0 Å². The monoisotopic (exact) mass is 288 g/mol. The minimum Gasteiger partial charge on any atom is -0.466 e. The second kappa shape index (κ2) is 6.91. The van der Waals surface area contributed by atoms with Gasteiger partial charge in [0.05, 0.1) is 18.0 Å². The molecule has 0 aromatic carbocycles. The molecule has 2 heterocycles. The normalized spacial score (nSPS) is 33.5. The van der Waals surface area contributed by atoms with Crippen molar-refractivity contribution in [1.82, 2.24) is 10.2 Å². The van der Waals surface area contributed by atoms with Gasteiger partial charge in [0.2, 0.25) is 0 Å². The van der Waals surface area contributed by atoms with Crippen LogP contribution in [0.1, 0.15) is 33.1 Å². The molecule has 1 N–H and O–H groups in total. The summed E-state index contributed by atoms with van der Waals surface area (Å²) in [5, 5.41) is 3.48. The van der Waals surface area contributed by atoms with Gasteiger partial charge in [0.25, 0.3) is 0 Å². The standard InChI is InChI=1S/C14H25ClN2O2/c1-3-19-14(18)10(2)8-17-7-6-12-11(9-17)4-5-13(15)16-12/h10-13,16H,3-9H2,1-2H3. The third-order valence-electron chi connectivity index (χ3n) is 4.22. The van der Waals surface area contributed by atoms with Crippen molar-refractivity contribution in [2.75, 3.05) is 26.2 Å². The summed E-state index contributed by atoms with van der Waals surface area (Å²) < 4.78 is 5.07. The highest BCUT2D eigenvalue weighted by molar-refractivity contribution is 6.20. The number of esters is 1. The van der Waals surface area contributed by atoms with Crippen molar-refractivity contribution in [2.45, 2.75) is 44.7 Å². The number of alkyl halides is 1. The van der Waals surface area contributed by atoms with Crippen LogP contribution in [0.5, 0.6) is 0 Å². The molecule has 0 amide bonds. The summed E-state index contributed by atoms with van der Waals surface area (Å²) in [4.78, 5) is 14.1. The number of fused-ring (bicyclic) bond motifs is 1. The van der Waals surface area contributed by atoms with Gasteiger partial charge in [0, 0.05) is 19.1 Å². The number of nitrogens with zero attached hydrogens (tertiary/aromatic N) is 1. The SMILES string of the molecule is CCOC(=O)C(C)CN1CCC2NC(Cl)CCC2C1. The van der Waals surface area contributed by atoms with Crippen molar-refractivity contribution < 1.29 is 9.53 Å². The maximum absolute atomic E-state index is 11.7. The van der Waals surface area contributed by atoms with Crippen LogP contribution >= 0.6 is 11.6 Å². The Morgan fingerprint density at radius 2 is 2.26 bits per heavy atom. The zero-order chi connectivity index (χ0) is 13.8. The predicted octanol–water partition coefficient (Wildman–Crippen LogP) is 1.82. The third-order valence-corrected chi connectivity index (χ3v) is 4.57. The van der Waals surface area contributed by atoms with Gasteiger partial charge in [-0.2, -0.15) is 0 Å². The molecular formula is C14H25ClN2O2. The maximum atomic E-state index is 11.7. The molecule has 19 heavy (non-hydrogen) atoms. The van der Waals surface area contributed by atoms with E-state index in [1.807, 2.05) is 13.8 Å². The van der Waals surface area contributed by atoms with Crippen molar-refractivity contribution in [2.24, 2.45) is 11.8 Å². The van der Waals surface area contributed by atoms with Crippen LogP contribution in [-0.4, -0.2) is 48.7 Å². The van der Waals surface area contributed by atoms with Crippen LogP contribution in [0.15, 0.2) is 0 Å². The van der Waals surface area contributed by atoms with Gasteiger partial charge in [-0.3, -0.25) is 10.1 Å². The van der Waals surface area contributed by atoms with Gasteiger partial charge in [0.15, 0.2) is 0 Å². The number of piperidine rings is 2. The zero-order valence-corrected chi connectivity index (χ0v) is 12.7. The molecule has 0 saturated carbocycles. The number of likely N-dealkylation sites (tertiary alicyclic amines) is 1. The minimum absolute atomic E-state index is 0.0335. The van der Waals surface area contributed by atoms with Crippen LogP contribution in [0.2, 0.25) is 0 Å². The molecule has 2 aliphatic heterocycles. The van der Waals surface area contributed by atoms with E-state index in [0.29, 0.717) is 18.6 Å². The fourth-order valence-corrected chi connectivity index (χ4v) is 3.50. The van der Waals surface area contributed by atoms with Crippen LogP contribution in [0.25, 0.3) is 0 Å². The summed E-state index contributed by atoms with van der Waals surface area (Å²) in [6.45, 7) is 7.21. The number of hydrogen-bond donors (Lipinski definition) is 1. The Hall–Kier alpha value is -0.320. The van der Waals surface area contributed by atoms with E-state index in [2.05, 4.69) is 10.2 Å². The van der Waals surface area contributed by atoms with E-state index in [4.69, 9.17) is 16.3 Å². The van der Waals surface area contributed by atoms with Crippen LogP contribution in [-0.2, 0) is 9.53 Å². The van der Waals surface area contributed by atoms with Gasteiger partial charge in [-0.15, -0.1) is 11.6 Å². The van der Waals surface area contributed by atoms with E-state index in [-0.39, 0.29) is 17.4 Å². The van der Waals surface area contributed by atoms with Gasteiger partial charge < -0.3 is 9.64 Å². The fraction of sp³-hybridized carbons (Fsp3) is 0.929. The smallest absolute Gasteiger partial charge is 0.309 e. The van der Waals surface area contributed by atoms with Crippen molar-refractivity contribution in [3.63, 3.8) is 0 Å². The molecule has 0 radical (unpaired) electrons. The molecule has 5 heteroatoms. The first-order chi connectivity index (χ1) is 9.10. The fourth-order valence-electron chi connectivity index (χ4n) is 3.21. The van der Waals surface area contributed by atoms with E-state index in [9.17, 15) is 4.79 Å². The third kappa shape index (κ3) is 4.07. The molecular weight excluding hydrogens is 264 g/mol. The van der Waals surface area contributed by atoms with Gasteiger partial charge in [-0.05, 0) is 38.6 Å². The lowest BCUT2D eigenvalue weighted by Crippen LogP contribution is -2.54. The Morgan fingerprint density at radius 1 is 1.47 bits per heavy atom. The van der Waals surface area contributed by atoms with Crippen molar-refractivity contribution in [3.05, 3.63) is 0 Å². The topological polar surface area (TPSA) is 41.6 Å². The zero-order valence-electron chi connectivity index (χ0n) is 11.9. The average molecular weight is 289 g/mol. The Morgan fingerprint density at radius 3 is 3.00 bits per heavy atom. The van der Waals surface area contributed by atoms with Crippen molar-refractivity contribution in [3.8, 4) is 0 Å². The van der Waals surface area contributed by atoms with Crippen molar-refractivity contribution in [1.29, 1.82) is 0 Å². The first-order valence-corrected chi connectivity index (χ1v) is 7.83. The van der Waals surface area contributed by atoms with Gasteiger partial charge in [-0.1, -0.05) is 6.92 Å². The lowest BCUT2D eigenvalue weighted by molar-refractivity contribution is -0.148. The Bertz CT molecular complexity index is 314. The molecule has 2 saturated heterocycles. The molecule has 2 rings (SSSR count). The molecule has 2 fully saturated rings. The number of rotatable bonds is 4. The second-order valence-electron chi connectivity index (χ2n) is 5.78. The highest BCUT2D eigenvalue weighted by atomic mass is 35.5. The maximum Gasteiger partial charge on any atom is 0.309 e. The first kappa shape index (κ1) is 15.1. The number of carbonyl (C=O) groups excluding carboxylic acids is 1. The molecule has 4 atom stereocenters. The number of halogens is 1. The van der Waals surface area contributed by atoms with E-state index < -0.39 is 0 Å². The quantitative estimate of drug-likeness (QED) is 0.487. The molecule has 0 bridgehead atoms. The second-order valence-corrected chi connectivity index (χ2v) is 6.31. The predicted molar refractivity (Wildman–Crippen MR) is 76.1 cm³/mol. The van der Waals surface area contributed by atoms with Crippen LogP contribution in [0.4, 0.5) is 0 Å². The average Bonchev–Trinajstić information content (AvgIpc) is 2.39. The van der Waals surface area contributed by atoms with E-state index in [0.717, 1.165) is 32.5 Å². The molecule has 110 valence electrons. The highest BCUT2D eigenvalue weighted by Crippen LogP contribution is 2.28. The summed E-state index contributed by atoms with van der Waals surface area (Å²) in [5.74, 6) is 0.569. The lowest BCUT2D eigenvalue weighted by atomic mass is 9.85. The molecule has 2 aliphatic rings. The molecule has 0 aromatic rings. The highest BCUT2D eigenvalue weighted by Gasteiger charge is 2.34. The largest absolute Gasteiger partial charge is 0.466 e. The molecule has 0 spiro atoms. The summed E-state index contributed by atoms with van der Waals surface area (Å²) >= 11 is 6.15. The van der Waals surface area contributed by atoms with Gasteiger partial charge in [0.1, 0.15) is 0 Å². The Balaban J connectivity index is 1.79. The number of carbonyl (C=O) groups is 1. The van der Waals surface area contributed by atoms with Crippen LogP contribution < -0.4 is 5.32 Å². The lowest BCUT2D eigenvalue weighted by Gasteiger charge is -2.43. The molecule has 4 unspecified atom stereocenters. The Labute approximate surface area is 120 Å². The summed E-state index contributed by atoms with van der Waals surface area (Å²) in [7, 11) is 0. The summed E-state index contributed by atoms with van der Waals surface area (Å²) in [5.41, 5.74) is 0.145. The number of nitrogens with one attached hydrogen (secondary N) is 1. The van der Waals surface area contributed by atoms with E-state index in [1.54, 1.807) is 0 Å². The first-order valence-electron chi connectivity index (χ1n) is 7.39. The molecule has 0 aliphatic carbocycles. The summed E-state index contributed by atoms with van der Waals surface area (Å²) in [6, 6.07) is 0.561. The van der Waals surface area contributed by atoms with E-state index in [1.165, 1.54) is 6.42 Å². The van der Waals surface area contributed by atoms with Gasteiger partial charge in [-0.25, -0.2) is 0 Å². The molecule has 0 aromatic heterocycles. The van der Waals surface area contributed by atoms with E-state index >= 15 is 0 Å². The Kier molecular flexibility index (Phi) is 5.48.